The number of ether oxygens (including phenoxy) is 3. The van der Waals surface area contributed by atoms with Gasteiger partial charge in [0.25, 0.3) is 0 Å². The lowest BCUT2D eigenvalue weighted by atomic mass is 9.95. The first-order valence-electron chi connectivity index (χ1n) is 14.5. The molecule has 43 heavy (non-hydrogen) atoms. The van der Waals surface area contributed by atoms with Crippen molar-refractivity contribution in [1.29, 1.82) is 0 Å². The highest BCUT2D eigenvalue weighted by Crippen LogP contribution is 2.50. The van der Waals surface area contributed by atoms with Crippen molar-refractivity contribution in [3.05, 3.63) is 45.6 Å². The highest BCUT2D eigenvalue weighted by Gasteiger charge is 2.32. The monoisotopic (exact) mass is 597 g/mol. The Kier molecular flexibility index (Phi) is 11.0. The van der Waals surface area contributed by atoms with Crippen LogP contribution in [0.25, 0.3) is 11.1 Å². The van der Waals surface area contributed by atoms with E-state index in [1.165, 1.54) is 27.2 Å². The lowest BCUT2D eigenvalue weighted by molar-refractivity contribution is -0.143. The van der Waals surface area contributed by atoms with Gasteiger partial charge in [0.2, 0.25) is 23.0 Å². The Bertz CT molecular complexity index is 1420. The molecule has 2 amide bonds. The van der Waals surface area contributed by atoms with Crippen molar-refractivity contribution in [2.45, 2.75) is 72.0 Å². The second-order valence-electron chi connectivity index (χ2n) is 11.2. The number of aryl methyl sites for hydroxylation is 1. The van der Waals surface area contributed by atoms with Gasteiger partial charge in [-0.3, -0.25) is 14.4 Å². The summed E-state index contributed by atoms with van der Waals surface area (Å²) in [4.78, 5) is 51.1. The molecule has 4 atom stereocenters. The fourth-order valence-electron chi connectivity index (χ4n) is 5.46. The number of nitrogens with one attached hydrogen (secondary N) is 3. The molecule has 234 valence electrons. The molecule has 3 rings (SSSR count). The van der Waals surface area contributed by atoms with Crippen LogP contribution < -0.4 is 35.6 Å². The van der Waals surface area contributed by atoms with Gasteiger partial charge in [-0.15, -0.1) is 0 Å². The van der Waals surface area contributed by atoms with Crippen LogP contribution in [0.3, 0.4) is 0 Å². The fraction of sp³-hybridized carbons (Fsp3) is 0.500. The first-order valence-corrected chi connectivity index (χ1v) is 14.5. The van der Waals surface area contributed by atoms with Gasteiger partial charge in [-0.2, -0.15) is 0 Å². The summed E-state index contributed by atoms with van der Waals surface area (Å²) in [6.07, 6.45) is 1.64. The normalized spacial score (nSPS) is 16.0. The topological polar surface area (TPSA) is 152 Å². The summed E-state index contributed by atoms with van der Waals surface area (Å²) in [7, 11) is 4.58. The Balaban J connectivity index is 2.20. The molecule has 0 heterocycles. The van der Waals surface area contributed by atoms with E-state index in [9.17, 15) is 24.3 Å². The minimum absolute atomic E-state index is 0.153. The van der Waals surface area contributed by atoms with Crippen molar-refractivity contribution in [3.8, 4) is 28.4 Å². The van der Waals surface area contributed by atoms with Gasteiger partial charge >= 0.3 is 5.97 Å². The summed E-state index contributed by atoms with van der Waals surface area (Å²) < 4.78 is 17.0. The Morgan fingerprint density at radius 1 is 1.00 bits per heavy atom. The maximum absolute atomic E-state index is 13.7. The SMILES string of the molecule is CC[C@@H](C)[C@H](NC(=O)[C@@H](Nc1ccc2c(cc1=O)[C@@H](NC(C)=O)CCc1cc(OC)c(OC)c(OC)c1-2)C(C)C)C(=O)O. The summed E-state index contributed by atoms with van der Waals surface area (Å²) in [6, 6.07) is 4.27. The number of hydrogen-bond acceptors (Lipinski definition) is 8. The number of carbonyl (C=O) groups excluding carboxylic acids is 2. The molecule has 0 bridgehead atoms. The van der Waals surface area contributed by atoms with Gasteiger partial charge in [0.05, 0.1) is 33.1 Å². The molecule has 0 unspecified atom stereocenters. The summed E-state index contributed by atoms with van der Waals surface area (Å²) in [5.41, 5.74) is 2.60. The summed E-state index contributed by atoms with van der Waals surface area (Å²) >= 11 is 0. The number of amides is 2. The van der Waals surface area contributed by atoms with Gasteiger partial charge in [0.15, 0.2) is 11.5 Å². The number of benzene rings is 1. The molecular formula is C32H43N3O8. The Hall–Kier alpha value is -4.28. The smallest absolute Gasteiger partial charge is 0.326 e. The van der Waals surface area contributed by atoms with Crippen LogP contribution >= 0.6 is 0 Å². The predicted molar refractivity (Wildman–Crippen MR) is 164 cm³/mol. The molecule has 4 N–H and O–H groups in total. The van der Waals surface area contributed by atoms with Crippen molar-refractivity contribution in [2.24, 2.45) is 11.8 Å². The lowest BCUT2D eigenvalue weighted by Crippen LogP contribution is -2.52. The van der Waals surface area contributed by atoms with Crippen LogP contribution in [-0.2, 0) is 20.8 Å². The second-order valence-corrected chi connectivity index (χ2v) is 11.2. The zero-order valence-corrected chi connectivity index (χ0v) is 26.1. The van der Waals surface area contributed by atoms with E-state index in [-0.39, 0.29) is 23.4 Å². The molecule has 11 nitrogen and oxygen atoms in total. The molecule has 1 aliphatic rings. The van der Waals surface area contributed by atoms with Crippen molar-refractivity contribution in [1.82, 2.24) is 10.6 Å². The quantitative estimate of drug-likeness (QED) is 0.285. The Labute approximate surface area is 252 Å². The van der Waals surface area contributed by atoms with Crippen LogP contribution in [0.1, 0.15) is 64.6 Å². The summed E-state index contributed by atoms with van der Waals surface area (Å²) in [5.74, 6) is -1.13. The molecule has 0 aromatic heterocycles. The molecule has 0 saturated heterocycles. The Morgan fingerprint density at radius 3 is 2.21 bits per heavy atom. The van der Waals surface area contributed by atoms with Crippen LogP contribution in [0.15, 0.2) is 29.1 Å². The zero-order chi connectivity index (χ0) is 32.0. The molecule has 0 saturated carbocycles. The molecular weight excluding hydrogens is 554 g/mol. The molecule has 0 radical (unpaired) electrons. The number of anilines is 1. The molecule has 0 fully saturated rings. The van der Waals surface area contributed by atoms with E-state index in [0.29, 0.717) is 53.2 Å². The molecule has 2 aromatic carbocycles. The highest BCUT2D eigenvalue weighted by molar-refractivity contribution is 5.89. The first kappa shape index (κ1) is 33.2. The van der Waals surface area contributed by atoms with Gasteiger partial charge in [-0.1, -0.05) is 40.2 Å². The number of methoxy groups -OCH3 is 3. The number of aliphatic carboxylic acids is 1. The average Bonchev–Trinajstić information content (AvgIpc) is 3.20. The van der Waals surface area contributed by atoms with Gasteiger partial charge in [-0.25, -0.2) is 4.79 Å². The van der Waals surface area contributed by atoms with E-state index in [1.807, 2.05) is 26.8 Å². The third-order valence-electron chi connectivity index (χ3n) is 7.95. The van der Waals surface area contributed by atoms with Gasteiger partial charge < -0.3 is 35.3 Å². The van der Waals surface area contributed by atoms with E-state index in [2.05, 4.69) is 16.0 Å². The molecule has 0 spiro atoms. The third kappa shape index (κ3) is 7.21. The molecule has 1 aliphatic carbocycles. The van der Waals surface area contributed by atoms with Crippen molar-refractivity contribution < 1.29 is 33.7 Å². The van der Waals surface area contributed by atoms with Crippen LogP contribution in [-0.4, -0.2) is 56.3 Å². The second kappa shape index (κ2) is 14.3. The van der Waals surface area contributed by atoms with Crippen LogP contribution in [0.4, 0.5) is 5.69 Å². The van der Waals surface area contributed by atoms with E-state index in [4.69, 9.17) is 14.2 Å². The maximum Gasteiger partial charge on any atom is 0.326 e. The average molecular weight is 598 g/mol. The molecule has 2 aromatic rings. The predicted octanol–water partition coefficient (Wildman–Crippen LogP) is 3.92. The zero-order valence-electron chi connectivity index (χ0n) is 26.1. The van der Waals surface area contributed by atoms with E-state index >= 15 is 0 Å². The van der Waals surface area contributed by atoms with Crippen molar-refractivity contribution in [3.63, 3.8) is 0 Å². The number of carbonyl (C=O) groups is 3. The third-order valence-corrected chi connectivity index (χ3v) is 7.95. The minimum atomic E-state index is -1.12. The van der Waals surface area contributed by atoms with E-state index in [0.717, 1.165) is 5.56 Å². The van der Waals surface area contributed by atoms with Crippen molar-refractivity contribution >= 4 is 23.5 Å². The number of carboxylic acids is 1. The Morgan fingerprint density at radius 2 is 1.67 bits per heavy atom. The number of fused-ring (bicyclic) bond motifs is 3. The number of rotatable bonds is 12. The van der Waals surface area contributed by atoms with Crippen LogP contribution in [0.5, 0.6) is 17.2 Å². The largest absolute Gasteiger partial charge is 0.493 e. The van der Waals surface area contributed by atoms with Gasteiger partial charge in [0.1, 0.15) is 12.1 Å². The summed E-state index contributed by atoms with van der Waals surface area (Å²) in [6.45, 7) is 8.67. The molecule has 0 aliphatic heterocycles. The van der Waals surface area contributed by atoms with E-state index < -0.39 is 35.4 Å². The first-order chi connectivity index (χ1) is 20.4. The van der Waals surface area contributed by atoms with Gasteiger partial charge in [0, 0.05) is 12.5 Å². The number of hydrogen-bond donors (Lipinski definition) is 4. The minimum Gasteiger partial charge on any atom is -0.493 e. The lowest BCUT2D eigenvalue weighted by Gasteiger charge is -2.26. The van der Waals surface area contributed by atoms with E-state index in [1.54, 1.807) is 26.2 Å². The summed E-state index contributed by atoms with van der Waals surface area (Å²) in [5, 5.41) is 18.4. The van der Waals surface area contributed by atoms with Crippen LogP contribution in [0, 0.1) is 11.8 Å². The van der Waals surface area contributed by atoms with Gasteiger partial charge in [-0.05, 0) is 59.6 Å². The highest BCUT2D eigenvalue weighted by atomic mass is 16.5. The van der Waals surface area contributed by atoms with Crippen LogP contribution in [0.2, 0.25) is 0 Å². The fourth-order valence-corrected chi connectivity index (χ4v) is 5.46. The van der Waals surface area contributed by atoms with Crippen molar-refractivity contribution in [2.75, 3.05) is 26.6 Å². The standard InChI is InChI=1S/C32H43N3O8/c1-9-17(4)28(32(39)40)35-31(38)27(16(2)3)34-23-13-11-20-21(15-24(23)37)22(33-18(5)36)12-10-19-14-25(41-6)29(42-7)30(43-8)26(19)20/h11,13-17,22,27-28H,9-10,12H2,1-8H3,(H,33,36)(H,34,37)(H,35,38)(H,39,40)/t17-,22+,27+,28+/m1/s1. The maximum atomic E-state index is 13.7. The molecule has 11 heteroatoms. The number of carboxylic acid groups (broad SMARTS) is 1.